The van der Waals surface area contributed by atoms with Gasteiger partial charge in [0.25, 0.3) is 0 Å². The second kappa shape index (κ2) is 6.17. The minimum atomic E-state index is 0.745. The van der Waals surface area contributed by atoms with Crippen LogP contribution in [0.15, 0.2) is 0 Å². The Hall–Kier alpha value is -0.120. The molecule has 1 aliphatic carbocycles. The van der Waals surface area contributed by atoms with Crippen molar-refractivity contribution in [1.29, 1.82) is 0 Å². The normalized spacial score (nSPS) is 35.6. The first-order chi connectivity index (χ1) is 8.22. The van der Waals surface area contributed by atoms with Gasteiger partial charge in [-0.25, -0.2) is 0 Å². The largest absolute Gasteiger partial charge is 0.313 e. The summed E-state index contributed by atoms with van der Waals surface area (Å²) < 4.78 is 0. The van der Waals surface area contributed by atoms with E-state index in [2.05, 4.69) is 36.1 Å². The highest BCUT2D eigenvalue weighted by Crippen LogP contribution is 2.27. The monoisotopic (exact) mass is 239 g/mol. The summed E-state index contributed by atoms with van der Waals surface area (Å²) in [5.74, 6) is 0. The van der Waals surface area contributed by atoms with Gasteiger partial charge in [-0.3, -0.25) is 4.90 Å². The number of likely N-dealkylation sites (tertiary alicyclic amines) is 1. The Labute approximate surface area is 107 Å². The van der Waals surface area contributed by atoms with Gasteiger partial charge in [0.15, 0.2) is 0 Å². The SMILES string of the molecule is CCNC1CCCCC1N1CCC(N(C)C)C1. The number of hydrogen-bond donors (Lipinski definition) is 1. The summed E-state index contributed by atoms with van der Waals surface area (Å²) >= 11 is 0. The van der Waals surface area contributed by atoms with E-state index in [0.717, 1.165) is 24.7 Å². The smallest absolute Gasteiger partial charge is 0.0250 e. The lowest BCUT2D eigenvalue weighted by atomic mass is 9.89. The van der Waals surface area contributed by atoms with Crippen LogP contribution in [0.2, 0.25) is 0 Å². The van der Waals surface area contributed by atoms with Crippen LogP contribution < -0.4 is 5.32 Å². The van der Waals surface area contributed by atoms with Gasteiger partial charge < -0.3 is 10.2 Å². The van der Waals surface area contributed by atoms with E-state index in [9.17, 15) is 0 Å². The number of rotatable bonds is 4. The molecule has 2 fully saturated rings. The molecular weight excluding hydrogens is 210 g/mol. The van der Waals surface area contributed by atoms with E-state index >= 15 is 0 Å². The molecule has 1 aliphatic heterocycles. The third kappa shape index (κ3) is 3.21. The summed E-state index contributed by atoms with van der Waals surface area (Å²) in [5, 5.41) is 3.70. The molecule has 0 aromatic rings. The van der Waals surface area contributed by atoms with Crippen LogP contribution in [-0.4, -0.2) is 61.7 Å². The molecule has 0 bridgehead atoms. The molecule has 17 heavy (non-hydrogen) atoms. The summed E-state index contributed by atoms with van der Waals surface area (Å²) in [6.07, 6.45) is 6.97. The predicted molar refractivity (Wildman–Crippen MR) is 73.4 cm³/mol. The minimum Gasteiger partial charge on any atom is -0.313 e. The molecule has 3 nitrogen and oxygen atoms in total. The van der Waals surface area contributed by atoms with Gasteiger partial charge in [-0.1, -0.05) is 19.8 Å². The maximum absolute atomic E-state index is 3.70. The van der Waals surface area contributed by atoms with Gasteiger partial charge in [0, 0.05) is 31.2 Å². The van der Waals surface area contributed by atoms with Crippen molar-refractivity contribution in [2.24, 2.45) is 0 Å². The van der Waals surface area contributed by atoms with E-state index in [0.29, 0.717) is 0 Å². The lowest BCUT2D eigenvalue weighted by molar-refractivity contribution is 0.140. The Morgan fingerprint density at radius 1 is 1.18 bits per heavy atom. The first-order valence-electron chi connectivity index (χ1n) is 7.36. The fourth-order valence-electron chi connectivity index (χ4n) is 3.54. The Morgan fingerprint density at radius 2 is 1.94 bits per heavy atom. The average molecular weight is 239 g/mol. The Bertz CT molecular complexity index is 228. The van der Waals surface area contributed by atoms with E-state index in [-0.39, 0.29) is 0 Å². The molecule has 1 heterocycles. The molecule has 0 radical (unpaired) electrons. The number of hydrogen-bond acceptors (Lipinski definition) is 3. The third-order valence-electron chi connectivity index (χ3n) is 4.59. The molecule has 0 aromatic heterocycles. The molecule has 3 unspecified atom stereocenters. The Kier molecular flexibility index (Phi) is 4.83. The molecule has 2 rings (SSSR count). The van der Waals surface area contributed by atoms with Gasteiger partial charge in [-0.15, -0.1) is 0 Å². The first kappa shape index (κ1) is 13.3. The van der Waals surface area contributed by atoms with Crippen molar-refractivity contribution in [3.63, 3.8) is 0 Å². The van der Waals surface area contributed by atoms with E-state index < -0.39 is 0 Å². The van der Waals surface area contributed by atoms with Crippen molar-refractivity contribution in [2.45, 2.75) is 57.2 Å². The van der Waals surface area contributed by atoms with Gasteiger partial charge in [0.05, 0.1) is 0 Å². The zero-order chi connectivity index (χ0) is 12.3. The lowest BCUT2D eigenvalue weighted by Crippen LogP contribution is -2.51. The molecule has 100 valence electrons. The standard InChI is InChI=1S/C14H29N3/c1-4-15-13-7-5-6-8-14(13)17-10-9-12(11-17)16(2)3/h12-15H,4-11H2,1-3H3. The van der Waals surface area contributed by atoms with Crippen LogP contribution in [0.1, 0.15) is 39.0 Å². The molecule has 0 aromatic carbocycles. The van der Waals surface area contributed by atoms with Gasteiger partial charge in [0.2, 0.25) is 0 Å². The lowest BCUT2D eigenvalue weighted by Gasteiger charge is -2.38. The van der Waals surface area contributed by atoms with Crippen molar-refractivity contribution < 1.29 is 0 Å². The fourth-order valence-corrected chi connectivity index (χ4v) is 3.54. The van der Waals surface area contributed by atoms with Crippen LogP contribution in [0, 0.1) is 0 Å². The van der Waals surface area contributed by atoms with Crippen LogP contribution in [0.4, 0.5) is 0 Å². The van der Waals surface area contributed by atoms with Crippen molar-refractivity contribution in [3.8, 4) is 0 Å². The quantitative estimate of drug-likeness (QED) is 0.803. The zero-order valence-electron chi connectivity index (χ0n) is 11.8. The van der Waals surface area contributed by atoms with Gasteiger partial charge in [0.1, 0.15) is 0 Å². The van der Waals surface area contributed by atoms with Crippen LogP contribution in [0.25, 0.3) is 0 Å². The first-order valence-corrected chi connectivity index (χ1v) is 7.36. The zero-order valence-corrected chi connectivity index (χ0v) is 11.8. The Morgan fingerprint density at radius 3 is 2.59 bits per heavy atom. The summed E-state index contributed by atoms with van der Waals surface area (Å²) in [5.41, 5.74) is 0. The number of nitrogens with zero attached hydrogens (tertiary/aromatic N) is 2. The fraction of sp³-hybridized carbons (Fsp3) is 1.00. The summed E-state index contributed by atoms with van der Waals surface area (Å²) in [4.78, 5) is 5.14. The molecular formula is C14H29N3. The van der Waals surface area contributed by atoms with Crippen molar-refractivity contribution in [2.75, 3.05) is 33.7 Å². The maximum atomic E-state index is 3.70. The van der Waals surface area contributed by atoms with Crippen molar-refractivity contribution in [1.82, 2.24) is 15.1 Å². The van der Waals surface area contributed by atoms with E-state index in [1.807, 2.05) is 0 Å². The highest BCUT2D eigenvalue weighted by Gasteiger charge is 2.34. The summed E-state index contributed by atoms with van der Waals surface area (Å²) in [6, 6.07) is 2.32. The number of likely N-dealkylation sites (N-methyl/N-ethyl adjacent to an activating group) is 2. The summed E-state index contributed by atoms with van der Waals surface area (Å²) in [6.45, 7) is 5.93. The molecule has 1 N–H and O–H groups in total. The van der Waals surface area contributed by atoms with Gasteiger partial charge in [-0.2, -0.15) is 0 Å². The summed E-state index contributed by atoms with van der Waals surface area (Å²) in [7, 11) is 4.44. The minimum absolute atomic E-state index is 0.745. The molecule has 1 saturated heterocycles. The average Bonchev–Trinajstić information content (AvgIpc) is 2.79. The second-order valence-electron chi connectivity index (χ2n) is 5.92. The van der Waals surface area contributed by atoms with E-state index in [1.54, 1.807) is 0 Å². The third-order valence-corrected chi connectivity index (χ3v) is 4.59. The van der Waals surface area contributed by atoms with Crippen molar-refractivity contribution >= 4 is 0 Å². The maximum Gasteiger partial charge on any atom is 0.0250 e. The van der Waals surface area contributed by atoms with E-state index in [4.69, 9.17) is 0 Å². The molecule has 3 atom stereocenters. The Balaban J connectivity index is 1.91. The topological polar surface area (TPSA) is 18.5 Å². The second-order valence-corrected chi connectivity index (χ2v) is 5.92. The van der Waals surface area contributed by atoms with Crippen molar-refractivity contribution in [3.05, 3.63) is 0 Å². The highest BCUT2D eigenvalue weighted by molar-refractivity contribution is 4.93. The number of nitrogens with one attached hydrogen (secondary N) is 1. The molecule has 0 amide bonds. The van der Waals surface area contributed by atoms with E-state index in [1.165, 1.54) is 45.2 Å². The van der Waals surface area contributed by atoms with Crippen LogP contribution in [0.3, 0.4) is 0 Å². The molecule has 0 spiro atoms. The van der Waals surface area contributed by atoms with Gasteiger partial charge >= 0.3 is 0 Å². The van der Waals surface area contributed by atoms with Crippen LogP contribution in [-0.2, 0) is 0 Å². The molecule has 2 aliphatic rings. The highest BCUT2D eigenvalue weighted by atomic mass is 15.3. The van der Waals surface area contributed by atoms with Crippen LogP contribution in [0.5, 0.6) is 0 Å². The van der Waals surface area contributed by atoms with Gasteiger partial charge in [-0.05, 0) is 39.9 Å². The molecule has 1 saturated carbocycles. The molecule has 3 heteroatoms. The predicted octanol–water partition coefficient (Wildman–Crippen LogP) is 1.54. The van der Waals surface area contributed by atoms with Crippen LogP contribution >= 0.6 is 0 Å².